The number of halogens is 1. The van der Waals surface area contributed by atoms with Crippen LogP contribution in [0.5, 0.6) is 5.75 Å². The molecule has 0 saturated carbocycles. The molecule has 2 aliphatic heterocycles. The molecule has 0 radical (unpaired) electrons. The molecule has 0 aliphatic carbocycles. The number of hydrogen-bond acceptors (Lipinski definition) is 6. The number of para-hydroxylation sites is 1. The molecule has 0 atom stereocenters. The molecule has 2 fully saturated rings. The first kappa shape index (κ1) is 24.4. The van der Waals surface area contributed by atoms with Gasteiger partial charge in [0.2, 0.25) is 5.91 Å². The Labute approximate surface area is 217 Å². The third-order valence-corrected chi connectivity index (χ3v) is 7.54. The fourth-order valence-electron chi connectivity index (χ4n) is 5.20. The van der Waals surface area contributed by atoms with Crippen LogP contribution in [0.2, 0.25) is 5.02 Å². The summed E-state index contributed by atoms with van der Waals surface area (Å²) in [6.07, 6.45) is 1.67. The van der Waals surface area contributed by atoms with Crippen LogP contribution in [0.4, 0.5) is 11.5 Å². The van der Waals surface area contributed by atoms with E-state index in [1.165, 1.54) is 11.3 Å². The molecule has 8 heteroatoms. The Bertz CT molecular complexity index is 1200. The Hall–Kier alpha value is -3.32. The number of aryl methyl sites for hydroxylation is 1. The largest absolute Gasteiger partial charge is 0.496 e. The van der Waals surface area contributed by atoms with Crippen molar-refractivity contribution in [2.45, 2.75) is 19.8 Å². The average Bonchev–Trinajstić information content (AvgIpc) is 2.94. The second-order valence-electron chi connectivity index (χ2n) is 9.48. The fourth-order valence-corrected chi connectivity index (χ4v) is 5.36. The molecule has 7 nitrogen and oxygen atoms in total. The van der Waals surface area contributed by atoms with Crippen LogP contribution in [-0.4, -0.2) is 67.4 Å². The van der Waals surface area contributed by atoms with Crippen molar-refractivity contribution < 1.29 is 9.53 Å². The minimum atomic E-state index is 0.0709. The van der Waals surface area contributed by atoms with E-state index < -0.39 is 0 Å². The van der Waals surface area contributed by atoms with E-state index >= 15 is 0 Å². The molecule has 0 unspecified atom stereocenters. The van der Waals surface area contributed by atoms with Crippen molar-refractivity contribution >= 4 is 29.0 Å². The van der Waals surface area contributed by atoms with Gasteiger partial charge in [0.05, 0.1) is 12.8 Å². The summed E-state index contributed by atoms with van der Waals surface area (Å²) >= 11 is 6.21. The standard InChI is InChI=1S/C28H32ClN5O2/c1-20-7-8-22(29)19-25(20)32-15-17-34(18-16-32)28(35)21-11-13-33(14-12-21)27-10-9-24(30-31-27)23-5-3-4-6-26(23)36-2/h3-10,19,21H,11-18H2,1-2H3. The molecule has 2 aliphatic rings. The highest BCUT2D eigenvalue weighted by molar-refractivity contribution is 6.30. The van der Waals surface area contributed by atoms with E-state index in [4.69, 9.17) is 16.3 Å². The van der Waals surface area contributed by atoms with Gasteiger partial charge in [0.1, 0.15) is 5.75 Å². The van der Waals surface area contributed by atoms with Crippen LogP contribution in [0, 0.1) is 12.8 Å². The first-order valence-corrected chi connectivity index (χ1v) is 12.9. The maximum absolute atomic E-state index is 13.3. The monoisotopic (exact) mass is 505 g/mol. The van der Waals surface area contributed by atoms with Crippen LogP contribution in [-0.2, 0) is 4.79 Å². The Morgan fingerprint density at radius 2 is 1.67 bits per heavy atom. The number of nitrogens with zero attached hydrogens (tertiary/aromatic N) is 5. The summed E-state index contributed by atoms with van der Waals surface area (Å²) in [5.41, 5.74) is 4.09. The highest BCUT2D eigenvalue weighted by Crippen LogP contribution is 2.30. The number of hydrogen-bond donors (Lipinski definition) is 0. The summed E-state index contributed by atoms with van der Waals surface area (Å²) < 4.78 is 5.45. The molecular formula is C28H32ClN5O2. The predicted molar refractivity (Wildman–Crippen MR) is 144 cm³/mol. The molecule has 1 amide bonds. The topological polar surface area (TPSA) is 61.8 Å². The summed E-state index contributed by atoms with van der Waals surface area (Å²) in [5.74, 6) is 1.99. The minimum Gasteiger partial charge on any atom is -0.496 e. The van der Waals surface area contributed by atoms with Crippen molar-refractivity contribution in [3.8, 4) is 17.0 Å². The van der Waals surface area contributed by atoms with E-state index in [9.17, 15) is 4.79 Å². The molecule has 0 bridgehead atoms. The molecule has 3 aromatic rings. The van der Waals surface area contributed by atoms with Gasteiger partial charge in [-0.3, -0.25) is 4.79 Å². The van der Waals surface area contributed by atoms with Gasteiger partial charge in [-0.25, -0.2) is 0 Å². The van der Waals surface area contributed by atoms with E-state index in [2.05, 4.69) is 33.0 Å². The molecule has 2 saturated heterocycles. The van der Waals surface area contributed by atoms with Gasteiger partial charge >= 0.3 is 0 Å². The number of rotatable bonds is 5. The van der Waals surface area contributed by atoms with Gasteiger partial charge in [-0.1, -0.05) is 29.8 Å². The molecule has 0 N–H and O–H groups in total. The fraction of sp³-hybridized carbons (Fsp3) is 0.393. The van der Waals surface area contributed by atoms with E-state index in [-0.39, 0.29) is 11.8 Å². The zero-order valence-electron chi connectivity index (χ0n) is 20.9. The van der Waals surface area contributed by atoms with Crippen molar-refractivity contribution in [3.05, 3.63) is 65.2 Å². The minimum absolute atomic E-state index is 0.0709. The number of benzene rings is 2. The molecule has 36 heavy (non-hydrogen) atoms. The summed E-state index contributed by atoms with van der Waals surface area (Å²) in [5, 5.41) is 9.67. The van der Waals surface area contributed by atoms with Crippen LogP contribution in [0.1, 0.15) is 18.4 Å². The van der Waals surface area contributed by atoms with Gasteiger partial charge < -0.3 is 19.4 Å². The van der Waals surface area contributed by atoms with E-state index in [0.29, 0.717) is 0 Å². The lowest BCUT2D eigenvalue weighted by atomic mass is 9.95. The Kier molecular flexibility index (Phi) is 7.28. The molecule has 2 aromatic carbocycles. The summed E-state index contributed by atoms with van der Waals surface area (Å²) in [6.45, 7) is 6.89. The zero-order valence-corrected chi connectivity index (χ0v) is 21.6. The van der Waals surface area contributed by atoms with Gasteiger partial charge in [0, 0.05) is 61.5 Å². The van der Waals surface area contributed by atoms with Crippen molar-refractivity contribution in [3.63, 3.8) is 0 Å². The van der Waals surface area contributed by atoms with E-state index in [1.54, 1.807) is 7.11 Å². The summed E-state index contributed by atoms with van der Waals surface area (Å²) in [6, 6.07) is 17.8. The number of anilines is 2. The maximum atomic E-state index is 13.3. The molecule has 188 valence electrons. The van der Waals surface area contributed by atoms with Gasteiger partial charge in [0.15, 0.2) is 5.82 Å². The molecule has 5 rings (SSSR count). The number of piperazine rings is 1. The molecule has 0 spiro atoms. The number of methoxy groups -OCH3 is 1. The van der Waals surface area contributed by atoms with Crippen molar-refractivity contribution in [1.82, 2.24) is 15.1 Å². The van der Waals surface area contributed by atoms with Crippen LogP contribution in [0.3, 0.4) is 0 Å². The second-order valence-corrected chi connectivity index (χ2v) is 9.92. The lowest BCUT2D eigenvalue weighted by Crippen LogP contribution is -2.52. The molecule has 3 heterocycles. The number of carbonyl (C=O) groups excluding carboxylic acids is 1. The lowest BCUT2D eigenvalue weighted by molar-refractivity contribution is -0.136. The first-order valence-electron chi connectivity index (χ1n) is 12.6. The predicted octanol–water partition coefficient (Wildman–Crippen LogP) is 4.68. The first-order chi connectivity index (χ1) is 17.5. The van der Waals surface area contributed by atoms with Crippen molar-refractivity contribution in [2.24, 2.45) is 5.92 Å². The number of piperidine rings is 1. The van der Waals surface area contributed by atoms with Crippen molar-refractivity contribution in [1.29, 1.82) is 0 Å². The number of ether oxygens (including phenoxy) is 1. The maximum Gasteiger partial charge on any atom is 0.225 e. The Morgan fingerprint density at radius 3 is 2.36 bits per heavy atom. The number of amides is 1. The van der Waals surface area contributed by atoms with Crippen molar-refractivity contribution in [2.75, 3.05) is 56.2 Å². The lowest BCUT2D eigenvalue weighted by Gasteiger charge is -2.40. The Balaban J connectivity index is 1.14. The highest BCUT2D eigenvalue weighted by Gasteiger charge is 2.31. The van der Waals surface area contributed by atoms with Crippen LogP contribution < -0.4 is 14.5 Å². The zero-order chi connectivity index (χ0) is 25.1. The molecule has 1 aromatic heterocycles. The number of carbonyl (C=O) groups is 1. The Morgan fingerprint density at radius 1 is 0.917 bits per heavy atom. The third-order valence-electron chi connectivity index (χ3n) is 7.30. The van der Waals surface area contributed by atoms with Crippen LogP contribution >= 0.6 is 11.6 Å². The van der Waals surface area contributed by atoms with Crippen LogP contribution in [0.25, 0.3) is 11.3 Å². The van der Waals surface area contributed by atoms with Gasteiger partial charge in [0.25, 0.3) is 0 Å². The number of aromatic nitrogens is 2. The normalized spacial score (nSPS) is 16.8. The SMILES string of the molecule is COc1ccccc1-c1ccc(N2CCC(C(=O)N3CCN(c4cc(Cl)ccc4C)CC3)CC2)nn1. The smallest absolute Gasteiger partial charge is 0.225 e. The van der Waals surface area contributed by atoms with E-state index in [1.807, 2.05) is 53.4 Å². The quantitative estimate of drug-likeness (QED) is 0.502. The van der Waals surface area contributed by atoms with Gasteiger partial charge in [-0.15, -0.1) is 10.2 Å². The van der Waals surface area contributed by atoms with Gasteiger partial charge in [-0.05, 0) is 61.7 Å². The average molecular weight is 506 g/mol. The molecular weight excluding hydrogens is 474 g/mol. The highest BCUT2D eigenvalue weighted by atomic mass is 35.5. The van der Waals surface area contributed by atoms with Gasteiger partial charge in [-0.2, -0.15) is 0 Å². The third kappa shape index (κ3) is 5.12. The summed E-state index contributed by atoms with van der Waals surface area (Å²) in [7, 11) is 1.66. The summed E-state index contributed by atoms with van der Waals surface area (Å²) in [4.78, 5) is 19.8. The van der Waals surface area contributed by atoms with Crippen LogP contribution in [0.15, 0.2) is 54.6 Å². The second kappa shape index (κ2) is 10.7. The van der Waals surface area contributed by atoms with E-state index in [0.717, 1.165) is 80.0 Å².